The van der Waals surface area contributed by atoms with Gasteiger partial charge >= 0.3 is 0 Å². The van der Waals surface area contributed by atoms with Gasteiger partial charge in [0.25, 0.3) is 0 Å². The molecule has 3 nitrogen and oxygen atoms in total. The van der Waals surface area contributed by atoms with Gasteiger partial charge in [-0.3, -0.25) is 0 Å². The minimum Gasteiger partial charge on any atom is -0.379 e. The number of ether oxygens (including phenoxy) is 2. The molecule has 0 aliphatic heterocycles. The molecule has 0 aliphatic carbocycles. The van der Waals surface area contributed by atoms with Gasteiger partial charge in [-0.25, -0.2) is 5.11 Å². The second kappa shape index (κ2) is 8.41. The maximum Gasteiger partial charge on any atom is 0.0844 e. The molecule has 0 bridgehead atoms. The van der Waals surface area contributed by atoms with Crippen molar-refractivity contribution in [2.75, 3.05) is 26.4 Å². The van der Waals surface area contributed by atoms with E-state index in [1.165, 1.54) is 0 Å². The summed E-state index contributed by atoms with van der Waals surface area (Å²) in [6.07, 6.45) is 0.582. The van der Waals surface area contributed by atoms with Crippen LogP contribution < -0.4 is 0 Å². The van der Waals surface area contributed by atoms with Crippen molar-refractivity contribution in [3.05, 3.63) is 35.9 Å². The first kappa shape index (κ1) is 12.2. The molecule has 0 heterocycles. The fraction of sp³-hybridized carbons (Fsp3) is 0.500. The van der Waals surface area contributed by atoms with E-state index in [9.17, 15) is 5.11 Å². The molecule has 1 rings (SSSR count). The predicted molar refractivity (Wildman–Crippen MR) is 57.1 cm³/mol. The Morgan fingerprint density at radius 1 is 0.933 bits per heavy atom. The van der Waals surface area contributed by atoms with Crippen molar-refractivity contribution in [3.8, 4) is 0 Å². The second-order valence-corrected chi connectivity index (χ2v) is 3.21. The van der Waals surface area contributed by atoms with Gasteiger partial charge in [0.05, 0.1) is 26.4 Å². The van der Waals surface area contributed by atoms with E-state index in [-0.39, 0.29) is 6.61 Å². The fourth-order valence-corrected chi connectivity index (χ4v) is 1.15. The summed E-state index contributed by atoms with van der Waals surface area (Å²) in [7, 11) is 0. The van der Waals surface area contributed by atoms with Crippen LogP contribution in [0.3, 0.4) is 0 Å². The molecule has 15 heavy (non-hydrogen) atoms. The zero-order chi connectivity index (χ0) is 10.8. The molecule has 1 aromatic rings. The van der Waals surface area contributed by atoms with Crippen molar-refractivity contribution in [2.45, 2.75) is 13.0 Å². The lowest BCUT2D eigenvalue weighted by Crippen LogP contribution is -2.05. The maximum atomic E-state index is 10.1. The summed E-state index contributed by atoms with van der Waals surface area (Å²) in [6, 6.07) is 10.0. The number of hydrogen-bond acceptors (Lipinski definition) is 2. The van der Waals surface area contributed by atoms with Gasteiger partial charge < -0.3 is 9.47 Å². The van der Waals surface area contributed by atoms with Crippen molar-refractivity contribution in [3.63, 3.8) is 0 Å². The van der Waals surface area contributed by atoms with Gasteiger partial charge in [0.2, 0.25) is 0 Å². The molecule has 0 unspecified atom stereocenters. The van der Waals surface area contributed by atoms with Crippen LogP contribution in [0.25, 0.3) is 0 Å². The Bertz CT molecular complexity index is 236. The first-order valence-corrected chi connectivity index (χ1v) is 5.21. The first-order valence-electron chi connectivity index (χ1n) is 5.21. The van der Waals surface area contributed by atoms with Crippen LogP contribution in [0.15, 0.2) is 30.3 Å². The van der Waals surface area contributed by atoms with Crippen molar-refractivity contribution < 1.29 is 14.6 Å². The average Bonchev–Trinajstić information content (AvgIpc) is 2.29. The highest BCUT2D eigenvalue weighted by Crippen LogP contribution is 1.99. The number of rotatable bonds is 8. The molecule has 0 N–H and O–H groups in total. The number of hydrogen-bond donors (Lipinski definition) is 0. The molecule has 1 aromatic carbocycles. The molecule has 83 valence electrons. The normalized spacial score (nSPS) is 10.5. The third kappa shape index (κ3) is 6.23. The average molecular weight is 209 g/mol. The Morgan fingerprint density at radius 2 is 1.67 bits per heavy atom. The molecule has 0 saturated heterocycles. The SMILES string of the molecule is [O]CCCOCCOCc1ccccc1. The van der Waals surface area contributed by atoms with Crippen LogP contribution in [-0.2, 0) is 21.2 Å². The summed E-state index contributed by atoms with van der Waals surface area (Å²) < 4.78 is 10.6. The standard InChI is InChI=1S/C12H17O3/c13-7-4-8-14-9-10-15-11-12-5-2-1-3-6-12/h1-3,5-6H,4,7-11H2. The third-order valence-corrected chi connectivity index (χ3v) is 1.92. The highest BCUT2D eigenvalue weighted by molar-refractivity contribution is 5.13. The number of benzene rings is 1. The minimum atomic E-state index is -0.0646. The quantitative estimate of drug-likeness (QED) is 0.614. The Morgan fingerprint density at radius 3 is 2.40 bits per heavy atom. The van der Waals surface area contributed by atoms with Gasteiger partial charge in [0.1, 0.15) is 0 Å². The zero-order valence-corrected chi connectivity index (χ0v) is 8.85. The van der Waals surface area contributed by atoms with E-state index in [2.05, 4.69) is 0 Å². The maximum absolute atomic E-state index is 10.1. The van der Waals surface area contributed by atoms with Crippen LogP contribution in [0, 0.1) is 0 Å². The van der Waals surface area contributed by atoms with Crippen molar-refractivity contribution >= 4 is 0 Å². The van der Waals surface area contributed by atoms with Crippen molar-refractivity contribution in [1.29, 1.82) is 0 Å². The lowest BCUT2D eigenvalue weighted by Gasteiger charge is -2.04. The molecule has 0 amide bonds. The van der Waals surface area contributed by atoms with Gasteiger partial charge in [-0.1, -0.05) is 30.3 Å². The first-order chi connectivity index (χ1) is 7.43. The van der Waals surface area contributed by atoms with E-state index < -0.39 is 0 Å². The summed E-state index contributed by atoms with van der Waals surface area (Å²) in [5.41, 5.74) is 1.16. The van der Waals surface area contributed by atoms with Gasteiger partial charge in [-0.15, -0.1) is 0 Å². The molecule has 3 heteroatoms. The Labute approximate surface area is 90.6 Å². The van der Waals surface area contributed by atoms with Gasteiger partial charge in [-0.05, 0) is 12.0 Å². The van der Waals surface area contributed by atoms with Crippen molar-refractivity contribution in [1.82, 2.24) is 0 Å². The lowest BCUT2D eigenvalue weighted by atomic mass is 10.2. The molecular formula is C12H17O3. The Hall–Kier alpha value is -0.900. The molecule has 1 radical (unpaired) electrons. The van der Waals surface area contributed by atoms with Crippen LogP contribution in [0.2, 0.25) is 0 Å². The summed E-state index contributed by atoms with van der Waals surface area (Å²) in [5.74, 6) is 0. The summed E-state index contributed by atoms with van der Waals surface area (Å²) in [6.45, 7) is 2.23. The smallest absolute Gasteiger partial charge is 0.0844 e. The van der Waals surface area contributed by atoms with E-state index >= 15 is 0 Å². The molecule has 0 aromatic heterocycles. The molecule has 0 spiro atoms. The highest BCUT2D eigenvalue weighted by atomic mass is 16.5. The van der Waals surface area contributed by atoms with Crippen molar-refractivity contribution in [2.24, 2.45) is 0 Å². The largest absolute Gasteiger partial charge is 0.379 e. The van der Waals surface area contributed by atoms with Crippen LogP contribution in [0.1, 0.15) is 12.0 Å². The lowest BCUT2D eigenvalue weighted by molar-refractivity contribution is 0.0326. The second-order valence-electron chi connectivity index (χ2n) is 3.21. The Kier molecular flexibility index (Phi) is 6.83. The molecule has 0 atom stereocenters. The zero-order valence-electron chi connectivity index (χ0n) is 8.85. The van der Waals surface area contributed by atoms with Crippen LogP contribution >= 0.6 is 0 Å². The topological polar surface area (TPSA) is 38.4 Å². The van der Waals surface area contributed by atoms with E-state index in [4.69, 9.17) is 9.47 Å². The van der Waals surface area contributed by atoms with E-state index in [0.717, 1.165) is 5.56 Å². The van der Waals surface area contributed by atoms with Gasteiger partial charge in [-0.2, -0.15) is 0 Å². The third-order valence-electron chi connectivity index (χ3n) is 1.92. The van der Waals surface area contributed by atoms with E-state index in [1.807, 2.05) is 30.3 Å². The summed E-state index contributed by atoms with van der Waals surface area (Å²) in [5, 5.41) is 10.1. The summed E-state index contributed by atoms with van der Waals surface area (Å²) >= 11 is 0. The monoisotopic (exact) mass is 209 g/mol. The van der Waals surface area contributed by atoms with E-state index in [1.54, 1.807) is 0 Å². The molecular weight excluding hydrogens is 192 g/mol. The van der Waals surface area contributed by atoms with Gasteiger partial charge in [0.15, 0.2) is 0 Å². The van der Waals surface area contributed by atoms with Crippen LogP contribution in [0.5, 0.6) is 0 Å². The van der Waals surface area contributed by atoms with Crippen LogP contribution in [-0.4, -0.2) is 26.4 Å². The predicted octanol–water partition coefficient (Wildman–Crippen LogP) is 2.04. The summed E-state index contributed by atoms with van der Waals surface area (Å²) in [4.78, 5) is 0. The van der Waals surface area contributed by atoms with Gasteiger partial charge in [0, 0.05) is 6.61 Å². The molecule has 0 aliphatic rings. The minimum absolute atomic E-state index is 0.0646. The van der Waals surface area contributed by atoms with E-state index in [0.29, 0.717) is 32.8 Å². The molecule has 0 saturated carbocycles. The molecule has 0 fully saturated rings. The van der Waals surface area contributed by atoms with Crippen LogP contribution in [0.4, 0.5) is 0 Å². The Balaban J connectivity index is 1.93. The fourth-order valence-electron chi connectivity index (χ4n) is 1.15. The highest BCUT2D eigenvalue weighted by Gasteiger charge is 1.92.